The van der Waals surface area contributed by atoms with Gasteiger partial charge in [-0.2, -0.15) is 0 Å². The summed E-state index contributed by atoms with van der Waals surface area (Å²) in [5.41, 5.74) is 4.73. The van der Waals surface area contributed by atoms with E-state index in [0.717, 1.165) is 49.1 Å². The number of piperazine rings is 1. The van der Waals surface area contributed by atoms with Crippen LogP contribution in [0, 0.1) is 0 Å². The van der Waals surface area contributed by atoms with Crippen LogP contribution in [0.1, 0.15) is 16.8 Å². The highest BCUT2D eigenvalue weighted by Crippen LogP contribution is 2.32. The predicted octanol–water partition coefficient (Wildman–Crippen LogP) is 3.05. The molecule has 1 amide bonds. The van der Waals surface area contributed by atoms with Crippen molar-refractivity contribution in [2.45, 2.75) is 19.6 Å². The number of carboxylic acid groups (broad SMARTS) is 1. The molecule has 0 saturated carbocycles. The average Bonchev–Trinajstić information content (AvgIpc) is 3.07. The number of rotatable bonds is 3. The standard InChI is InChI=1S/C19H21ClN4O2/c20-16-4-3-15(11-22-6-8-23(9-7-22)19(25)26)18(10-16)24-12-14-2-1-5-21-17(14)13-24/h1-5,10H,6-9,11-13H2,(H,25,26). The van der Waals surface area contributed by atoms with Crippen molar-refractivity contribution >= 4 is 23.4 Å². The second-order valence-electron chi connectivity index (χ2n) is 6.78. The summed E-state index contributed by atoms with van der Waals surface area (Å²) in [7, 11) is 0. The fraction of sp³-hybridized carbons (Fsp3) is 0.368. The zero-order valence-corrected chi connectivity index (χ0v) is 15.2. The summed E-state index contributed by atoms with van der Waals surface area (Å²) in [6, 6.07) is 10.1. The zero-order chi connectivity index (χ0) is 18.1. The van der Waals surface area contributed by atoms with Crippen LogP contribution in [-0.4, -0.2) is 52.2 Å². The monoisotopic (exact) mass is 372 g/mol. The first-order chi connectivity index (χ1) is 12.6. The molecule has 1 aromatic carbocycles. The number of halogens is 1. The number of hydrogen-bond donors (Lipinski definition) is 1. The van der Waals surface area contributed by atoms with E-state index in [-0.39, 0.29) is 0 Å². The summed E-state index contributed by atoms with van der Waals surface area (Å²) < 4.78 is 0. The minimum Gasteiger partial charge on any atom is -0.465 e. The third kappa shape index (κ3) is 3.48. The number of amides is 1. The molecule has 0 aliphatic carbocycles. The molecule has 2 aliphatic rings. The van der Waals surface area contributed by atoms with Crippen LogP contribution in [-0.2, 0) is 19.6 Å². The molecule has 1 saturated heterocycles. The highest BCUT2D eigenvalue weighted by Gasteiger charge is 2.25. The Morgan fingerprint density at radius 1 is 1.15 bits per heavy atom. The van der Waals surface area contributed by atoms with Gasteiger partial charge in [0, 0.05) is 56.2 Å². The number of carbonyl (C=O) groups is 1. The van der Waals surface area contributed by atoms with Gasteiger partial charge < -0.3 is 14.9 Å². The summed E-state index contributed by atoms with van der Waals surface area (Å²) in [5, 5.41) is 9.82. The van der Waals surface area contributed by atoms with Gasteiger partial charge in [-0.3, -0.25) is 9.88 Å². The topological polar surface area (TPSA) is 59.9 Å². The largest absolute Gasteiger partial charge is 0.465 e. The second-order valence-corrected chi connectivity index (χ2v) is 7.22. The summed E-state index contributed by atoms with van der Waals surface area (Å²) >= 11 is 6.28. The zero-order valence-electron chi connectivity index (χ0n) is 14.4. The molecule has 0 bridgehead atoms. The number of nitrogens with zero attached hydrogens (tertiary/aromatic N) is 4. The smallest absolute Gasteiger partial charge is 0.407 e. The summed E-state index contributed by atoms with van der Waals surface area (Å²) in [4.78, 5) is 21.6. The van der Waals surface area contributed by atoms with Crippen molar-refractivity contribution in [1.29, 1.82) is 0 Å². The molecule has 26 heavy (non-hydrogen) atoms. The van der Waals surface area contributed by atoms with Crippen LogP contribution in [0.5, 0.6) is 0 Å². The van der Waals surface area contributed by atoms with Crippen LogP contribution in [0.2, 0.25) is 5.02 Å². The highest BCUT2D eigenvalue weighted by atomic mass is 35.5. The number of benzene rings is 1. The van der Waals surface area contributed by atoms with Crippen molar-refractivity contribution < 1.29 is 9.90 Å². The van der Waals surface area contributed by atoms with E-state index >= 15 is 0 Å². The molecule has 1 N–H and O–H groups in total. The first-order valence-corrected chi connectivity index (χ1v) is 9.14. The molecule has 3 heterocycles. The molecule has 136 valence electrons. The number of aromatic nitrogens is 1. The van der Waals surface area contributed by atoms with E-state index in [1.165, 1.54) is 16.0 Å². The molecule has 1 aromatic heterocycles. The van der Waals surface area contributed by atoms with Gasteiger partial charge in [0.1, 0.15) is 0 Å². The Bertz CT molecular complexity index is 796. The molecule has 2 aromatic rings. The predicted molar refractivity (Wildman–Crippen MR) is 100 cm³/mol. The Morgan fingerprint density at radius 3 is 2.69 bits per heavy atom. The van der Waals surface area contributed by atoms with E-state index < -0.39 is 6.09 Å². The van der Waals surface area contributed by atoms with Gasteiger partial charge in [-0.1, -0.05) is 23.7 Å². The van der Waals surface area contributed by atoms with Crippen molar-refractivity contribution in [3.05, 3.63) is 58.4 Å². The molecule has 6 nitrogen and oxygen atoms in total. The summed E-state index contributed by atoms with van der Waals surface area (Å²) in [6.45, 7) is 5.01. The van der Waals surface area contributed by atoms with Crippen LogP contribution in [0.25, 0.3) is 0 Å². The third-order valence-electron chi connectivity index (χ3n) is 5.11. The summed E-state index contributed by atoms with van der Waals surface area (Å²) in [5.74, 6) is 0. The van der Waals surface area contributed by atoms with Crippen LogP contribution in [0.3, 0.4) is 0 Å². The van der Waals surface area contributed by atoms with Gasteiger partial charge >= 0.3 is 6.09 Å². The van der Waals surface area contributed by atoms with Crippen LogP contribution >= 0.6 is 11.6 Å². The average molecular weight is 373 g/mol. The lowest BCUT2D eigenvalue weighted by Crippen LogP contribution is -2.47. The molecule has 7 heteroatoms. The fourth-order valence-corrected chi connectivity index (χ4v) is 3.84. The lowest BCUT2D eigenvalue weighted by molar-refractivity contribution is 0.103. The van der Waals surface area contributed by atoms with Gasteiger partial charge in [-0.15, -0.1) is 0 Å². The van der Waals surface area contributed by atoms with Crippen LogP contribution < -0.4 is 4.90 Å². The van der Waals surface area contributed by atoms with Crippen molar-refractivity contribution in [2.75, 3.05) is 31.1 Å². The van der Waals surface area contributed by atoms with Crippen molar-refractivity contribution in [3.63, 3.8) is 0 Å². The SMILES string of the molecule is O=C(O)N1CCN(Cc2ccc(Cl)cc2N2Cc3cccnc3C2)CC1. The van der Waals surface area contributed by atoms with E-state index in [9.17, 15) is 4.79 Å². The van der Waals surface area contributed by atoms with Crippen molar-refractivity contribution in [1.82, 2.24) is 14.8 Å². The Morgan fingerprint density at radius 2 is 1.96 bits per heavy atom. The van der Waals surface area contributed by atoms with Crippen molar-refractivity contribution in [3.8, 4) is 0 Å². The van der Waals surface area contributed by atoms with Crippen LogP contribution in [0.4, 0.5) is 10.5 Å². The van der Waals surface area contributed by atoms with Gasteiger partial charge in [-0.05, 0) is 29.3 Å². The number of pyridine rings is 1. The quantitative estimate of drug-likeness (QED) is 0.897. The minimum atomic E-state index is -0.834. The minimum absolute atomic E-state index is 0.553. The lowest BCUT2D eigenvalue weighted by atomic mass is 10.1. The Labute approximate surface area is 157 Å². The van der Waals surface area contributed by atoms with E-state index in [4.69, 9.17) is 16.7 Å². The molecular formula is C19H21ClN4O2. The van der Waals surface area contributed by atoms with Gasteiger partial charge in [0.25, 0.3) is 0 Å². The fourth-order valence-electron chi connectivity index (χ4n) is 3.67. The maximum absolute atomic E-state index is 11.1. The van der Waals surface area contributed by atoms with Gasteiger partial charge in [0.15, 0.2) is 0 Å². The molecule has 0 spiro atoms. The van der Waals surface area contributed by atoms with Gasteiger partial charge in [0.05, 0.1) is 12.2 Å². The number of hydrogen-bond acceptors (Lipinski definition) is 4. The molecule has 0 unspecified atom stereocenters. The molecule has 2 aliphatic heterocycles. The van der Waals surface area contributed by atoms with Crippen LogP contribution in [0.15, 0.2) is 36.5 Å². The normalized spacial score (nSPS) is 17.4. The second kappa shape index (κ2) is 7.13. The van der Waals surface area contributed by atoms with Gasteiger partial charge in [-0.25, -0.2) is 4.79 Å². The molecular weight excluding hydrogens is 352 g/mol. The van der Waals surface area contributed by atoms with Gasteiger partial charge in [0.2, 0.25) is 0 Å². The first-order valence-electron chi connectivity index (χ1n) is 8.76. The Balaban J connectivity index is 1.51. The first kappa shape index (κ1) is 17.1. The van der Waals surface area contributed by atoms with E-state index in [1.54, 1.807) is 0 Å². The van der Waals surface area contributed by atoms with Crippen molar-refractivity contribution in [2.24, 2.45) is 0 Å². The summed E-state index contributed by atoms with van der Waals surface area (Å²) in [6.07, 6.45) is 1.00. The third-order valence-corrected chi connectivity index (χ3v) is 5.35. The van der Waals surface area contributed by atoms with E-state index in [0.29, 0.717) is 13.1 Å². The van der Waals surface area contributed by atoms with E-state index in [1.807, 2.05) is 24.4 Å². The number of fused-ring (bicyclic) bond motifs is 1. The lowest BCUT2D eigenvalue weighted by Gasteiger charge is -2.34. The molecule has 1 fully saturated rings. The number of anilines is 1. The Hall–Kier alpha value is -2.31. The van der Waals surface area contributed by atoms with E-state index in [2.05, 4.69) is 26.9 Å². The maximum atomic E-state index is 11.1. The molecule has 0 radical (unpaired) electrons. The molecule has 0 atom stereocenters. The molecule has 4 rings (SSSR count). The maximum Gasteiger partial charge on any atom is 0.407 e. The highest BCUT2D eigenvalue weighted by molar-refractivity contribution is 6.30. The Kier molecular flexibility index (Phi) is 4.70.